The third kappa shape index (κ3) is 8.79. The standard InChI is InChI=1S/C26H48O2Si.C26H46O2Si.B/c2*1-17-10-12-25(3)19(14-17)15-23(28-29(5,6)7)24-21-9-8-20(18(2)16-27)26(21,4)13-11-22(24)25;/h17-24,27H,8-16H2,1-7H3;16-24H,8-15H2,1-7H3;/t2*17-,18-,19+,20-,21+,22+,23-,24+,25+,26-;/m11./s1. The van der Waals surface area contributed by atoms with Crippen molar-refractivity contribution >= 4 is 31.3 Å². The smallest absolute Gasteiger partial charge is 0.184 e. The van der Waals surface area contributed by atoms with Crippen LogP contribution in [-0.2, 0) is 13.6 Å². The number of aliphatic hydroxyl groups is 1. The fraction of sp³-hybridized carbons (Fsp3) is 0.981. The lowest BCUT2D eigenvalue weighted by Crippen LogP contribution is -2.60. The summed E-state index contributed by atoms with van der Waals surface area (Å²) in [5.41, 5.74) is 1.81. The molecule has 0 heterocycles. The summed E-state index contributed by atoms with van der Waals surface area (Å²) in [5.74, 6) is 10.2. The Kier molecular flexibility index (Phi) is 14.3. The molecule has 8 saturated carbocycles. The molecule has 1 N–H and O–H groups in total. The third-order valence-corrected chi connectivity index (χ3v) is 22.8. The molecule has 20 atom stereocenters. The molecule has 0 bridgehead atoms. The minimum absolute atomic E-state index is 0. The lowest BCUT2D eigenvalue weighted by atomic mass is 9.43. The third-order valence-electron chi connectivity index (χ3n) is 20.8. The molecule has 0 aromatic heterocycles. The van der Waals surface area contributed by atoms with Gasteiger partial charge in [-0.2, -0.15) is 0 Å². The molecule has 59 heavy (non-hydrogen) atoms. The van der Waals surface area contributed by atoms with E-state index in [4.69, 9.17) is 8.85 Å². The van der Waals surface area contributed by atoms with E-state index in [0.717, 1.165) is 59.2 Å². The molecule has 7 heteroatoms. The van der Waals surface area contributed by atoms with Crippen molar-refractivity contribution in [2.45, 2.75) is 210 Å². The van der Waals surface area contributed by atoms with Crippen LogP contribution in [0.5, 0.6) is 0 Å². The fourth-order valence-corrected chi connectivity index (χ4v) is 20.4. The van der Waals surface area contributed by atoms with Gasteiger partial charge >= 0.3 is 0 Å². The van der Waals surface area contributed by atoms with Crippen molar-refractivity contribution in [1.82, 2.24) is 0 Å². The van der Waals surface area contributed by atoms with Gasteiger partial charge in [0, 0.05) is 33.1 Å². The van der Waals surface area contributed by atoms with Crippen molar-refractivity contribution in [3.05, 3.63) is 0 Å². The summed E-state index contributed by atoms with van der Waals surface area (Å²) in [6, 6.07) is 0. The summed E-state index contributed by atoms with van der Waals surface area (Å²) < 4.78 is 14.1. The van der Waals surface area contributed by atoms with E-state index in [1.54, 1.807) is 0 Å². The highest BCUT2D eigenvalue weighted by atomic mass is 28.4. The Morgan fingerprint density at radius 1 is 0.576 bits per heavy atom. The van der Waals surface area contributed by atoms with Crippen LogP contribution in [0.25, 0.3) is 0 Å². The van der Waals surface area contributed by atoms with E-state index in [2.05, 4.69) is 94.7 Å². The van der Waals surface area contributed by atoms with Gasteiger partial charge in [-0.3, -0.25) is 0 Å². The molecule has 8 fully saturated rings. The second kappa shape index (κ2) is 17.5. The number of carbonyl (C=O) groups excluding carboxylic acids is 1. The molecule has 3 radical (unpaired) electrons. The van der Waals surface area contributed by atoms with Crippen LogP contribution in [0.1, 0.15) is 158 Å². The molecule has 8 rings (SSSR count). The van der Waals surface area contributed by atoms with Gasteiger partial charge in [0.05, 0.1) is 0 Å². The van der Waals surface area contributed by atoms with Gasteiger partial charge in [-0.25, -0.2) is 0 Å². The topological polar surface area (TPSA) is 55.8 Å². The zero-order chi connectivity index (χ0) is 42.4. The molecule has 8 aliphatic carbocycles. The van der Waals surface area contributed by atoms with Gasteiger partial charge in [-0.1, -0.05) is 68.2 Å². The van der Waals surface area contributed by atoms with Crippen LogP contribution in [0.15, 0.2) is 0 Å². The number of rotatable bonds is 8. The van der Waals surface area contributed by atoms with Crippen LogP contribution in [0, 0.1) is 105 Å². The number of aliphatic hydroxyl groups excluding tert-OH is 1. The molecule has 0 amide bonds. The van der Waals surface area contributed by atoms with Crippen LogP contribution in [0.4, 0.5) is 0 Å². The molecule has 8 aliphatic rings. The van der Waals surface area contributed by atoms with Gasteiger partial charge in [-0.05, 0) is 228 Å². The first-order chi connectivity index (χ1) is 27.0. The summed E-state index contributed by atoms with van der Waals surface area (Å²) in [7, 11) is -3.16. The van der Waals surface area contributed by atoms with E-state index in [9.17, 15) is 9.90 Å². The molecule has 0 aromatic carbocycles. The molecule has 0 aromatic rings. The Labute approximate surface area is 369 Å². The van der Waals surface area contributed by atoms with Gasteiger partial charge in [0.15, 0.2) is 16.6 Å². The summed E-state index contributed by atoms with van der Waals surface area (Å²) >= 11 is 0. The summed E-state index contributed by atoms with van der Waals surface area (Å²) in [4.78, 5) is 11.7. The molecule has 4 nitrogen and oxygen atoms in total. The van der Waals surface area contributed by atoms with Crippen LogP contribution in [0.2, 0.25) is 39.3 Å². The highest BCUT2D eigenvalue weighted by Gasteiger charge is 2.65. The summed E-state index contributed by atoms with van der Waals surface area (Å²) in [6.45, 7) is 34.6. The summed E-state index contributed by atoms with van der Waals surface area (Å²) in [5, 5.41) is 9.94. The molecule has 0 unspecified atom stereocenters. The minimum atomic E-state index is -1.59. The first-order valence-electron chi connectivity index (χ1n) is 25.4. The Balaban J connectivity index is 0.000000195. The van der Waals surface area contributed by atoms with Crippen molar-refractivity contribution in [1.29, 1.82) is 0 Å². The molecule has 0 spiro atoms. The van der Waals surface area contributed by atoms with Gasteiger partial charge < -0.3 is 18.8 Å². The van der Waals surface area contributed by atoms with Crippen molar-refractivity contribution in [3.63, 3.8) is 0 Å². The molecule has 337 valence electrons. The first-order valence-corrected chi connectivity index (χ1v) is 32.2. The maximum Gasteiger partial charge on any atom is 0.184 e. The van der Waals surface area contributed by atoms with Gasteiger partial charge in [0.2, 0.25) is 0 Å². The molecule has 0 aliphatic heterocycles. The Morgan fingerprint density at radius 2 is 0.949 bits per heavy atom. The predicted octanol–water partition coefficient (Wildman–Crippen LogP) is 13.3. The highest BCUT2D eigenvalue weighted by Crippen LogP contribution is 2.71. The van der Waals surface area contributed by atoms with Crippen molar-refractivity contribution < 1.29 is 18.8 Å². The van der Waals surface area contributed by atoms with Gasteiger partial charge in [-0.15, -0.1) is 0 Å². The predicted molar refractivity (Wildman–Crippen MR) is 253 cm³/mol. The number of aldehydes is 1. The quantitative estimate of drug-likeness (QED) is 0.195. The first kappa shape index (κ1) is 48.5. The largest absolute Gasteiger partial charge is 0.414 e. The zero-order valence-electron chi connectivity index (χ0n) is 41.1. The minimum Gasteiger partial charge on any atom is -0.414 e. The van der Waals surface area contributed by atoms with E-state index in [1.165, 1.54) is 109 Å². The van der Waals surface area contributed by atoms with E-state index in [0.29, 0.717) is 58.2 Å². The van der Waals surface area contributed by atoms with Crippen LogP contribution >= 0.6 is 0 Å². The van der Waals surface area contributed by atoms with Crippen molar-refractivity contribution in [2.75, 3.05) is 6.61 Å². The van der Waals surface area contributed by atoms with E-state index < -0.39 is 16.6 Å². The van der Waals surface area contributed by atoms with Crippen LogP contribution in [0.3, 0.4) is 0 Å². The van der Waals surface area contributed by atoms with E-state index in [1.807, 2.05) is 0 Å². The number of fused-ring (bicyclic) bond motifs is 10. The average Bonchev–Trinajstić information content (AvgIpc) is 3.68. The van der Waals surface area contributed by atoms with Crippen LogP contribution in [-0.4, -0.2) is 55.3 Å². The Hall–Kier alpha value is 0.0487. The normalized spacial score (nSPS) is 50.2. The maximum absolute atomic E-state index is 11.7. The van der Waals surface area contributed by atoms with E-state index >= 15 is 0 Å². The van der Waals surface area contributed by atoms with Gasteiger partial charge in [0.25, 0.3) is 0 Å². The lowest BCUT2D eigenvalue weighted by molar-refractivity contribution is -0.164. The zero-order valence-corrected chi connectivity index (χ0v) is 43.1. The Bertz CT molecular complexity index is 1450. The summed E-state index contributed by atoms with van der Waals surface area (Å²) in [6.07, 6.45) is 24.1. The second-order valence-electron chi connectivity index (χ2n) is 26.4. The monoisotopic (exact) mass is 850 g/mol. The molecular formula is C52H94BO4Si2. The number of hydrogen-bond donors (Lipinski definition) is 1. The second-order valence-corrected chi connectivity index (χ2v) is 35.3. The lowest BCUT2D eigenvalue weighted by Gasteiger charge is -2.63. The average molecular weight is 850 g/mol. The van der Waals surface area contributed by atoms with Gasteiger partial charge in [0.1, 0.15) is 6.29 Å². The van der Waals surface area contributed by atoms with Crippen molar-refractivity contribution in [2.24, 2.45) is 105 Å². The fourth-order valence-electron chi connectivity index (χ4n) is 18.1. The van der Waals surface area contributed by atoms with E-state index in [-0.39, 0.29) is 14.3 Å². The SMILES string of the molecule is C[C@@H]1CC[C@@]2(C)[C@@H](C1)C[C@@H](O[Si](C)(C)C)[C@@H]1[C@@H]2CC[C@]2(C)[C@@H]([C@H](C)C=O)CC[C@@H]12.C[C@@H]1CC[C@@]2(C)[C@@H](C1)C[C@@H](O[Si](C)(C)C)[C@@H]1[C@@H]2CC[C@]2(C)[C@@H]([C@H](C)CO)CC[C@@H]12.[B]. The van der Waals surface area contributed by atoms with Crippen LogP contribution < -0.4 is 0 Å². The molecule has 0 saturated heterocycles. The maximum atomic E-state index is 11.7. The highest BCUT2D eigenvalue weighted by molar-refractivity contribution is 6.70. The number of carbonyl (C=O) groups is 1. The molecular weight excluding hydrogens is 756 g/mol. The Morgan fingerprint density at radius 3 is 1.34 bits per heavy atom. The van der Waals surface area contributed by atoms with Crippen molar-refractivity contribution in [3.8, 4) is 0 Å². The number of hydrogen-bond acceptors (Lipinski definition) is 4.